The van der Waals surface area contributed by atoms with Gasteiger partial charge in [0, 0.05) is 11.6 Å². The average Bonchev–Trinajstić information content (AvgIpc) is 2.54. The van der Waals surface area contributed by atoms with Crippen LogP contribution in [-0.4, -0.2) is 47.7 Å². The van der Waals surface area contributed by atoms with Gasteiger partial charge in [-0.3, -0.25) is 4.79 Å². The van der Waals surface area contributed by atoms with E-state index in [-0.39, 0.29) is 11.9 Å². The first kappa shape index (κ1) is 17.5. The van der Waals surface area contributed by atoms with Gasteiger partial charge in [0.15, 0.2) is 18.1 Å². The summed E-state index contributed by atoms with van der Waals surface area (Å²) in [6, 6.07) is 4.99. The third-order valence-electron chi connectivity index (χ3n) is 3.41. The van der Waals surface area contributed by atoms with Crippen LogP contribution in [0.25, 0.3) is 0 Å². The number of carbonyl (C=O) groups is 2. The third-order valence-corrected chi connectivity index (χ3v) is 4.46. The Hall–Kier alpha value is -1.89. The molecular weight excluding hydrogens is 318 g/mol. The largest absolute Gasteiger partial charge is 0.490 e. The maximum atomic E-state index is 12.3. The van der Waals surface area contributed by atoms with Crippen LogP contribution in [0.5, 0.6) is 11.5 Å². The summed E-state index contributed by atoms with van der Waals surface area (Å²) in [5.74, 6) is 1.62. The van der Waals surface area contributed by atoms with Crippen LogP contribution < -0.4 is 14.8 Å². The minimum atomic E-state index is -1.07. The molecule has 2 N–H and O–H groups in total. The summed E-state index contributed by atoms with van der Waals surface area (Å²) < 4.78 is 10.6. The van der Waals surface area contributed by atoms with Crippen molar-refractivity contribution in [2.75, 3.05) is 24.7 Å². The lowest BCUT2D eigenvalue weighted by Crippen LogP contribution is -2.37. The van der Waals surface area contributed by atoms with Gasteiger partial charge in [0.1, 0.15) is 0 Å². The predicted octanol–water partition coefficient (Wildman–Crippen LogP) is 2.17. The molecule has 0 aliphatic carbocycles. The van der Waals surface area contributed by atoms with E-state index in [4.69, 9.17) is 14.6 Å². The van der Waals surface area contributed by atoms with Crippen LogP contribution in [0.15, 0.2) is 18.2 Å². The second-order valence-corrected chi connectivity index (χ2v) is 6.36. The summed E-state index contributed by atoms with van der Waals surface area (Å²) in [6.45, 7) is 1.76. The Morgan fingerprint density at radius 3 is 2.65 bits per heavy atom. The van der Waals surface area contributed by atoms with Crippen LogP contribution in [-0.2, 0) is 4.79 Å². The fraction of sp³-hybridized carbons (Fsp3) is 0.500. The molecule has 0 unspecified atom stereocenters. The molecule has 1 heterocycles. The number of carboxylic acids is 1. The zero-order valence-electron chi connectivity index (χ0n) is 13.0. The predicted molar refractivity (Wildman–Crippen MR) is 88.6 cm³/mol. The van der Waals surface area contributed by atoms with E-state index in [2.05, 4.69) is 5.32 Å². The van der Waals surface area contributed by atoms with E-state index in [1.165, 1.54) is 0 Å². The average molecular weight is 339 g/mol. The number of benzene rings is 1. The van der Waals surface area contributed by atoms with Crippen molar-refractivity contribution in [3.05, 3.63) is 23.8 Å². The fourth-order valence-electron chi connectivity index (χ4n) is 2.29. The molecule has 1 fully saturated rings. The van der Waals surface area contributed by atoms with E-state index in [0.29, 0.717) is 23.7 Å². The number of ether oxygens (including phenoxy) is 2. The second-order valence-electron chi connectivity index (χ2n) is 5.14. The van der Waals surface area contributed by atoms with Crippen molar-refractivity contribution in [1.29, 1.82) is 0 Å². The molecule has 1 saturated heterocycles. The Kier molecular flexibility index (Phi) is 6.58. The smallest absolute Gasteiger partial charge is 0.341 e. The first-order chi connectivity index (χ1) is 11.1. The highest BCUT2D eigenvalue weighted by molar-refractivity contribution is 7.99. The Morgan fingerprint density at radius 2 is 2.00 bits per heavy atom. The number of thioether (sulfide) groups is 1. The molecule has 1 aromatic carbocycles. The molecule has 1 aliphatic rings. The molecule has 6 nitrogen and oxygen atoms in total. The van der Waals surface area contributed by atoms with Crippen LogP contribution in [0.3, 0.4) is 0 Å². The molecule has 23 heavy (non-hydrogen) atoms. The summed E-state index contributed by atoms with van der Waals surface area (Å²) in [6.07, 6.45) is 1.96. The van der Waals surface area contributed by atoms with E-state index < -0.39 is 12.6 Å². The Labute approximate surface area is 139 Å². The summed E-state index contributed by atoms with van der Waals surface area (Å²) in [5.41, 5.74) is 0.481. The third kappa shape index (κ3) is 5.35. The zero-order chi connectivity index (χ0) is 16.7. The number of nitrogens with one attached hydrogen (secondary N) is 1. The molecule has 126 valence electrons. The van der Waals surface area contributed by atoms with Gasteiger partial charge in [-0.1, -0.05) is 0 Å². The highest BCUT2D eigenvalue weighted by Gasteiger charge is 2.18. The van der Waals surface area contributed by atoms with E-state index in [1.54, 1.807) is 18.2 Å². The van der Waals surface area contributed by atoms with Crippen LogP contribution in [0.1, 0.15) is 30.1 Å². The summed E-state index contributed by atoms with van der Waals surface area (Å²) in [4.78, 5) is 22.9. The molecule has 0 atom stereocenters. The van der Waals surface area contributed by atoms with Crippen LogP contribution in [0.2, 0.25) is 0 Å². The van der Waals surface area contributed by atoms with Crippen LogP contribution in [0, 0.1) is 0 Å². The van der Waals surface area contributed by atoms with Crippen LogP contribution >= 0.6 is 11.8 Å². The zero-order valence-corrected chi connectivity index (χ0v) is 13.9. The van der Waals surface area contributed by atoms with Crippen molar-refractivity contribution in [2.24, 2.45) is 0 Å². The monoisotopic (exact) mass is 339 g/mol. The van der Waals surface area contributed by atoms with E-state index in [1.807, 2.05) is 18.7 Å². The van der Waals surface area contributed by atoms with Crippen molar-refractivity contribution in [2.45, 2.75) is 25.8 Å². The standard InChI is InChI=1S/C16H21NO5S/c1-2-21-14-9-11(3-4-13(14)22-10-15(18)19)16(20)17-12-5-7-23-8-6-12/h3-4,9,12H,2,5-8,10H2,1H3,(H,17,20)(H,18,19). The van der Waals surface area contributed by atoms with Crippen molar-refractivity contribution >= 4 is 23.6 Å². The lowest BCUT2D eigenvalue weighted by Gasteiger charge is -2.22. The van der Waals surface area contributed by atoms with Gasteiger partial charge >= 0.3 is 5.97 Å². The van der Waals surface area contributed by atoms with Gasteiger partial charge in [-0.15, -0.1) is 0 Å². The van der Waals surface area contributed by atoms with Crippen molar-refractivity contribution in [1.82, 2.24) is 5.32 Å². The molecule has 2 rings (SSSR count). The van der Waals surface area contributed by atoms with Crippen molar-refractivity contribution in [3.8, 4) is 11.5 Å². The number of rotatable bonds is 7. The summed E-state index contributed by atoms with van der Waals surface area (Å²) >= 11 is 1.90. The number of aliphatic carboxylic acids is 1. The molecule has 1 amide bonds. The van der Waals surface area contributed by atoms with E-state index in [0.717, 1.165) is 24.3 Å². The molecule has 0 saturated carbocycles. The molecular formula is C16H21NO5S. The quantitative estimate of drug-likeness (QED) is 0.792. The first-order valence-corrected chi connectivity index (χ1v) is 8.75. The fourth-order valence-corrected chi connectivity index (χ4v) is 3.39. The van der Waals surface area contributed by atoms with Gasteiger partial charge in [0.25, 0.3) is 5.91 Å². The SMILES string of the molecule is CCOc1cc(C(=O)NC2CCSCC2)ccc1OCC(=O)O. The minimum absolute atomic E-state index is 0.146. The number of carbonyl (C=O) groups excluding carboxylic acids is 1. The van der Waals surface area contributed by atoms with Crippen molar-refractivity contribution < 1.29 is 24.2 Å². The van der Waals surface area contributed by atoms with Gasteiger partial charge in [-0.05, 0) is 49.5 Å². The number of hydrogen-bond acceptors (Lipinski definition) is 5. The Morgan fingerprint density at radius 1 is 1.26 bits per heavy atom. The van der Waals surface area contributed by atoms with Gasteiger partial charge < -0.3 is 19.9 Å². The summed E-state index contributed by atoms with van der Waals surface area (Å²) in [5, 5.41) is 11.7. The molecule has 1 aromatic rings. The highest BCUT2D eigenvalue weighted by Crippen LogP contribution is 2.28. The minimum Gasteiger partial charge on any atom is -0.490 e. The first-order valence-electron chi connectivity index (χ1n) is 7.60. The number of amides is 1. The molecule has 0 aromatic heterocycles. The van der Waals surface area contributed by atoms with Gasteiger partial charge in [0.05, 0.1) is 6.61 Å². The Balaban J connectivity index is 2.07. The topological polar surface area (TPSA) is 84.9 Å². The normalized spacial score (nSPS) is 15.0. The van der Waals surface area contributed by atoms with Crippen molar-refractivity contribution in [3.63, 3.8) is 0 Å². The lowest BCUT2D eigenvalue weighted by molar-refractivity contribution is -0.139. The molecule has 1 aliphatic heterocycles. The van der Waals surface area contributed by atoms with E-state index in [9.17, 15) is 9.59 Å². The number of carboxylic acid groups (broad SMARTS) is 1. The molecule has 0 bridgehead atoms. The second kappa shape index (κ2) is 8.67. The Bertz CT molecular complexity index is 557. The number of hydrogen-bond donors (Lipinski definition) is 2. The molecule has 0 spiro atoms. The molecule has 7 heteroatoms. The highest BCUT2D eigenvalue weighted by atomic mass is 32.2. The van der Waals surface area contributed by atoms with Gasteiger partial charge in [-0.2, -0.15) is 11.8 Å². The van der Waals surface area contributed by atoms with Gasteiger partial charge in [-0.25, -0.2) is 4.79 Å². The maximum Gasteiger partial charge on any atom is 0.341 e. The molecule has 0 radical (unpaired) electrons. The maximum absolute atomic E-state index is 12.3. The lowest BCUT2D eigenvalue weighted by atomic mass is 10.1. The van der Waals surface area contributed by atoms with Gasteiger partial charge in [0.2, 0.25) is 0 Å². The van der Waals surface area contributed by atoms with Crippen LogP contribution in [0.4, 0.5) is 0 Å². The summed E-state index contributed by atoms with van der Waals surface area (Å²) in [7, 11) is 0. The van der Waals surface area contributed by atoms with E-state index >= 15 is 0 Å².